The van der Waals surface area contributed by atoms with Gasteiger partial charge in [-0.1, -0.05) is 12.1 Å². The molecule has 0 atom stereocenters. The molecule has 2 saturated heterocycles. The number of carbonyl (C=O) groups is 1. The van der Waals surface area contributed by atoms with Gasteiger partial charge in [0.05, 0.1) is 31.0 Å². The number of rotatable bonds is 3. The summed E-state index contributed by atoms with van der Waals surface area (Å²) in [4.78, 5) is 14.5. The largest absolute Gasteiger partial charge is 0.492 e. The summed E-state index contributed by atoms with van der Waals surface area (Å²) in [6.07, 6.45) is 1.68. The SMILES string of the molecule is CCOc1ccccc1NC(=O)N1CCOC2(CCOCC2)C1. The highest BCUT2D eigenvalue weighted by atomic mass is 16.5. The van der Waals surface area contributed by atoms with Crippen LogP contribution in [-0.2, 0) is 9.47 Å². The average Bonchev–Trinajstić information content (AvgIpc) is 2.57. The average molecular weight is 320 g/mol. The molecule has 1 spiro atoms. The highest BCUT2D eigenvalue weighted by molar-refractivity contribution is 5.91. The summed E-state index contributed by atoms with van der Waals surface area (Å²) in [5.74, 6) is 0.692. The number of morpholine rings is 1. The molecule has 0 radical (unpaired) electrons. The van der Waals surface area contributed by atoms with E-state index in [1.165, 1.54) is 0 Å². The Morgan fingerprint density at radius 2 is 2.09 bits per heavy atom. The van der Waals surface area contributed by atoms with Gasteiger partial charge in [0.15, 0.2) is 0 Å². The Hall–Kier alpha value is -1.79. The molecule has 0 unspecified atom stereocenters. The van der Waals surface area contributed by atoms with Crippen molar-refractivity contribution in [2.24, 2.45) is 0 Å². The van der Waals surface area contributed by atoms with Gasteiger partial charge >= 0.3 is 6.03 Å². The first-order chi connectivity index (χ1) is 11.2. The van der Waals surface area contributed by atoms with E-state index < -0.39 is 0 Å². The van der Waals surface area contributed by atoms with Crippen molar-refractivity contribution in [2.45, 2.75) is 25.4 Å². The highest BCUT2D eigenvalue weighted by Crippen LogP contribution is 2.30. The molecule has 23 heavy (non-hydrogen) atoms. The number of anilines is 1. The lowest BCUT2D eigenvalue weighted by Crippen LogP contribution is -2.56. The maximum Gasteiger partial charge on any atom is 0.322 e. The number of nitrogens with zero attached hydrogens (tertiary/aromatic N) is 1. The molecule has 1 aromatic rings. The monoisotopic (exact) mass is 320 g/mol. The van der Waals surface area contributed by atoms with Crippen molar-refractivity contribution < 1.29 is 19.0 Å². The van der Waals surface area contributed by atoms with Crippen molar-refractivity contribution in [3.05, 3.63) is 24.3 Å². The van der Waals surface area contributed by atoms with Crippen molar-refractivity contribution in [2.75, 3.05) is 44.8 Å². The lowest BCUT2D eigenvalue weighted by atomic mass is 9.92. The van der Waals surface area contributed by atoms with Gasteiger partial charge in [0.1, 0.15) is 5.75 Å². The first kappa shape index (κ1) is 16.1. The van der Waals surface area contributed by atoms with Crippen molar-refractivity contribution in [1.29, 1.82) is 0 Å². The number of nitrogens with one attached hydrogen (secondary N) is 1. The van der Waals surface area contributed by atoms with E-state index in [1.807, 2.05) is 36.1 Å². The molecule has 126 valence electrons. The van der Waals surface area contributed by atoms with E-state index in [2.05, 4.69) is 5.32 Å². The predicted octanol–water partition coefficient (Wildman–Crippen LogP) is 2.50. The van der Waals surface area contributed by atoms with E-state index in [0.717, 1.165) is 12.8 Å². The normalized spacial score (nSPS) is 20.3. The molecule has 0 bridgehead atoms. The van der Waals surface area contributed by atoms with Gasteiger partial charge in [-0.2, -0.15) is 0 Å². The van der Waals surface area contributed by atoms with Crippen LogP contribution in [0.5, 0.6) is 5.75 Å². The maximum absolute atomic E-state index is 12.6. The quantitative estimate of drug-likeness (QED) is 0.929. The maximum atomic E-state index is 12.6. The van der Waals surface area contributed by atoms with E-state index in [9.17, 15) is 4.79 Å². The Kier molecular flexibility index (Phi) is 5.03. The van der Waals surface area contributed by atoms with E-state index >= 15 is 0 Å². The van der Waals surface area contributed by atoms with Gasteiger partial charge in [-0.3, -0.25) is 0 Å². The Bertz CT molecular complexity index is 538. The summed E-state index contributed by atoms with van der Waals surface area (Å²) in [7, 11) is 0. The minimum Gasteiger partial charge on any atom is -0.492 e. The molecule has 2 heterocycles. The fourth-order valence-electron chi connectivity index (χ4n) is 3.11. The molecule has 2 fully saturated rings. The van der Waals surface area contributed by atoms with Crippen LogP contribution in [0, 0.1) is 0 Å². The molecule has 6 nitrogen and oxygen atoms in total. The van der Waals surface area contributed by atoms with Gasteiger partial charge in [-0.05, 0) is 19.1 Å². The molecule has 2 aliphatic rings. The summed E-state index contributed by atoms with van der Waals surface area (Å²) in [5, 5.41) is 2.96. The highest BCUT2D eigenvalue weighted by Gasteiger charge is 2.39. The lowest BCUT2D eigenvalue weighted by Gasteiger charge is -2.44. The van der Waals surface area contributed by atoms with E-state index in [4.69, 9.17) is 14.2 Å². The second-order valence-corrected chi connectivity index (χ2v) is 5.92. The van der Waals surface area contributed by atoms with Gasteiger partial charge in [-0.15, -0.1) is 0 Å². The molecule has 0 saturated carbocycles. The summed E-state index contributed by atoms with van der Waals surface area (Å²) < 4.78 is 16.9. The minimum atomic E-state index is -0.243. The number of carbonyl (C=O) groups excluding carboxylic acids is 1. The zero-order valence-corrected chi connectivity index (χ0v) is 13.5. The van der Waals surface area contributed by atoms with Crippen LogP contribution < -0.4 is 10.1 Å². The van der Waals surface area contributed by atoms with E-state index in [-0.39, 0.29) is 11.6 Å². The molecule has 6 heteroatoms. The molecule has 1 N–H and O–H groups in total. The van der Waals surface area contributed by atoms with Gasteiger partial charge in [0, 0.05) is 32.6 Å². The fourth-order valence-corrected chi connectivity index (χ4v) is 3.11. The summed E-state index contributed by atoms with van der Waals surface area (Å²) in [6.45, 7) is 5.67. The number of benzene rings is 1. The molecule has 0 aliphatic carbocycles. The van der Waals surface area contributed by atoms with Crippen LogP contribution in [0.3, 0.4) is 0 Å². The van der Waals surface area contributed by atoms with Crippen LogP contribution >= 0.6 is 0 Å². The van der Waals surface area contributed by atoms with Crippen LogP contribution in [0.4, 0.5) is 10.5 Å². The smallest absolute Gasteiger partial charge is 0.322 e. The van der Waals surface area contributed by atoms with Crippen LogP contribution in [0.1, 0.15) is 19.8 Å². The molecular formula is C17H24N2O4. The number of hydrogen-bond donors (Lipinski definition) is 1. The van der Waals surface area contributed by atoms with Crippen molar-refractivity contribution in [3.63, 3.8) is 0 Å². The first-order valence-electron chi connectivity index (χ1n) is 8.22. The third kappa shape index (κ3) is 3.76. The number of urea groups is 1. The molecule has 0 aromatic heterocycles. The van der Waals surface area contributed by atoms with Crippen molar-refractivity contribution >= 4 is 11.7 Å². The second kappa shape index (κ2) is 7.19. The number of para-hydroxylation sites is 2. The molecule has 2 amide bonds. The molecule has 3 rings (SSSR count). The van der Waals surface area contributed by atoms with Crippen LogP contribution in [0.15, 0.2) is 24.3 Å². The fraction of sp³-hybridized carbons (Fsp3) is 0.588. The van der Waals surface area contributed by atoms with E-state index in [0.29, 0.717) is 51.0 Å². The number of hydrogen-bond acceptors (Lipinski definition) is 4. The molecule has 1 aromatic carbocycles. The minimum absolute atomic E-state index is 0.105. The first-order valence-corrected chi connectivity index (χ1v) is 8.22. The van der Waals surface area contributed by atoms with Gasteiger partial charge in [0.25, 0.3) is 0 Å². The Morgan fingerprint density at radius 3 is 2.87 bits per heavy atom. The number of amides is 2. The van der Waals surface area contributed by atoms with Crippen molar-refractivity contribution in [3.8, 4) is 5.75 Å². The number of ether oxygens (including phenoxy) is 3. The third-order valence-corrected chi connectivity index (χ3v) is 4.37. The Balaban J connectivity index is 1.66. The summed E-state index contributed by atoms with van der Waals surface area (Å²) >= 11 is 0. The second-order valence-electron chi connectivity index (χ2n) is 5.92. The van der Waals surface area contributed by atoms with Crippen LogP contribution in [0.2, 0.25) is 0 Å². The Labute approximate surface area is 136 Å². The van der Waals surface area contributed by atoms with Crippen LogP contribution in [0.25, 0.3) is 0 Å². The van der Waals surface area contributed by atoms with Gasteiger partial charge in [0.2, 0.25) is 0 Å². The summed E-state index contributed by atoms with van der Waals surface area (Å²) in [5.41, 5.74) is 0.458. The zero-order valence-electron chi connectivity index (χ0n) is 13.5. The Morgan fingerprint density at radius 1 is 1.30 bits per heavy atom. The summed E-state index contributed by atoms with van der Waals surface area (Å²) in [6, 6.07) is 7.39. The van der Waals surface area contributed by atoms with Crippen molar-refractivity contribution in [1.82, 2.24) is 4.90 Å². The van der Waals surface area contributed by atoms with Gasteiger partial charge < -0.3 is 24.4 Å². The molecule has 2 aliphatic heterocycles. The third-order valence-electron chi connectivity index (χ3n) is 4.37. The standard InChI is InChI=1S/C17H24N2O4/c1-2-22-15-6-4-3-5-14(15)18-16(20)19-9-12-23-17(13-19)7-10-21-11-8-17/h3-6H,2,7-13H2,1H3,(H,18,20). The lowest BCUT2D eigenvalue weighted by molar-refractivity contribution is -0.144. The van der Waals surface area contributed by atoms with Crippen LogP contribution in [-0.4, -0.2) is 56.0 Å². The topological polar surface area (TPSA) is 60.0 Å². The van der Waals surface area contributed by atoms with E-state index in [1.54, 1.807) is 0 Å². The van der Waals surface area contributed by atoms with Gasteiger partial charge in [-0.25, -0.2) is 4.79 Å². The molecular weight excluding hydrogens is 296 g/mol. The predicted molar refractivity (Wildman–Crippen MR) is 86.9 cm³/mol. The zero-order chi connectivity index (χ0) is 16.1.